The van der Waals surface area contributed by atoms with Crippen LogP contribution in [0.25, 0.3) is 50.4 Å². The standard InChI is InChI=1S/C31H24FN5O/c1-19-20(2)36-28-14-8-6-12-26(28)34-31(36)37(30-33-25-11-5-7-13-27(25)35(19)30)21-16-17-24(32)23(18-21)22-10-4-9-15-29(22)38-3/h4-18H,1-3H3. The van der Waals surface area contributed by atoms with Crippen LogP contribution in [-0.4, -0.2) is 30.4 Å². The van der Waals surface area contributed by atoms with Gasteiger partial charge in [0.1, 0.15) is 11.6 Å². The number of fused-ring (bicyclic) bond motifs is 6. The molecule has 0 aliphatic rings. The molecule has 0 radical (unpaired) electrons. The Kier molecular flexibility index (Phi) is 4.88. The summed E-state index contributed by atoms with van der Waals surface area (Å²) in [7, 11) is 1.59. The number of rotatable bonds is 3. The fourth-order valence-electron chi connectivity index (χ4n) is 5.36. The van der Waals surface area contributed by atoms with E-state index in [9.17, 15) is 0 Å². The molecule has 0 N–H and O–H groups in total. The molecule has 186 valence electrons. The number of benzene rings is 4. The van der Waals surface area contributed by atoms with Gasteiger partial charge in [-0.05, 0) is 62.4 Å². The zero-order valence-electron chi connectivity index (χ0n) is 21.2. The zero-order chi connectivity index (χ0) is 26.0. The van der Waals surface area contributed by atoms with Crippen LogP contribution in [-0.2, 0) is 0 Å². The summed E-state index contributed by atoms with van der Waals surface area (Å²) in [5, 5.41) is 0. The average molecular weight is 502 g/mol. The van der Waals surface area contributed by atoms with E-state index in [-0.39, 0.29) is 5.82 Å². The van der Waals surface area contributed by atoms with Crippen molar-refractivity contribution >= 4 is 33.6 Å². The van der Waals surface area contributed by atoms with Crippen LogP contribution in [0.15, 0.2) is 91.0 Å². The van der Waals surface area contributed by atoms with Crippen molar-refractivity contribution in [2.24, 2.45) is 0 Å². The Morgan fingerprint density at radius 3 is 1.82 bits per heavy atom. The summed E-state index contributed by atoms with van der Waals surface area (Å²) < 4.78 is 27.2. The van der Waals surface area contributed by atoms with Gasteiger partial charge in [0.15, 0.2) is 0 Å². The number of aryl methyl sites for hydroxylation is 2. The van der Waals surface area contributed by atoms with Crippen molar-refractivity contribution in [3.8, 4) is 22.6 Å². The molecule has 0 saturated carbocycles. The normalized spacial score (nSPS) is 11.7. The van der Waals surface area contributed by atoms with Crippen molar-refractivity contribution in [1.82, 2.24) is 23.3 Å². The molecule has 38 heavy (non-hydrogen) atoms. The molecule has 0 aliphatic carbocycles. The lowest BCUT2D eigenvalue weighted by atomic mass is 10.0. The smallest absolute Gasteiger partial charge is 0.222 e. The molecule has 0 unspecified atom stereocenters. The molecular weight excluding hydrogens is 477 g/mol. The van der Waals surface area contributed by atoms with Gasteiger partial charge in [-0.1, -0.05) is 42.5 Å². The van der Waals surface area contributed by atoms with Crippen molar-refractivity contribution in [3.63, 3.8) is 0 Å². The topological polar surface area (TPSA) is 48.8 Å². The van der Waals surface area contributed by atoms with Crippen LogP contribution in [0.3, 0.4) is 0 Å². The summed E-state index contributed by atoms with van der Waals surface area (Å²) in [4.78, 5) is 10.1. The van der Waals surface area contributed by atoms with Crippen molar-refractivity contribution in [3.05, 3.63) is 108 Å². The second kappa shape index (κ2) is 8.31. The summed E-state index contributed by atoms with van der Waals surface area (Å²) in [5.41, 5.74) is 7.65. The van der Waals surface area contributed by atoms with Crippen LogP contribution in [0.1, 0.15) is 11.4 Å². The number of aromatic nitrogens is 5. The number of nitrogens with zero attached hydrogens (tertiary/aromatic N) is 5. The van der Waals surface area contributed by atoms with E-state index >= 15 is 4.39 Å². The van der Waals surface area contributed by atoms with E-state index in [4.69, 9.17) is 14.7 Å². The lowest BCUT2D eigenvalue weighted by Gasteiger charge is -2.13. The third-order valence-electron chi connectivity index (χ3n) is 7.29. The van der Waals surface area contributed by atoms with Gasteiger partial charge >= 0.3 is 0 Å². The van der Waals surface area contributed by atoms with E-state index in [0.717, 1.165) is 39.1 Å². The first-order chi connectivity index (χ1) is 18.6. The third kappa shape index (κ3) is 3.11. The lowest BCUT2D eigenvalue weighted by molar-refractivity contribution is 0.416. The highest BCUT2D eigenvalue weighted by Crippen LogP contribution is 2.34. The van der Waals surface area contributed by atoms with Crippen LogP contribution in [0.4, 0.5) is 4.39 Å². The highest BCUT2D eigenvalue weighted by Gasteiger charge is 2.20. The number of methoxy groups -OCH3 is 1. The SMILES string of the molecule is COc1ccccc1-c1cc(-n2c3nc4ccccc4n3c(C)c(C)n3c4ccccc4nc23)ccc1F. The molecule has 0 saturated heterocycles. The third-order valence-corrected chi connectivity index (χ3v) is 7.29. The molecular formula is C31H24FN5O. The van der Waals surface area contributed by atoms with Gasteiger partial charge in [-0.3, -0.25) is 8.80 Å². The zero-order valence-corrected chi connectivity index (χ0v) is 21.2. The van der Waals surface area contributed by atoms with Crippen LogP contribution in [0, 0.1) is 19.7 Å². The van der Waals surface area contributed by atoms with E-state index in [1.165, 1.54) is 6.07 Å². The Morgan fingerprint density at radius 1 is 0.658 bits per heavy atom. The molecule has 0 bridgehead atoms. The molecule has 7 rings (SSSR count). The van der Waals surface area contributed by atoms with E-state index < -0.39 is 0 Å². The Bertz CT molecular complexity index is 1970. The van der Waals surface area contributed by atoms with E-state index in [0.29, 0.717) is 28.4 Å². The van der Waals surface area contributed by atoms with Crippen molar-refractivity contribution in [1.29, 1.82) is 0 Å². The van der Waals surface area contributed by atoms with Gasteiger partial charge in [0.25, 0.3) is 0 Å². The molecule has 4 aromatic carbocycles. The van der Waals surface area contributed by atoms with Gasteiger partial charge in [0.2, 0.25) is 11.6 Å². The summed E-state index contributed by atoms with van der Waals surface area (Å²) >= 11 is 0. The second-order valence-electron chi connectivity index (χ2n) is 9.34. The van der Waals surface area contributed by atoms with Gasteiger partial charge < -0.3 is 4.74 Å². The maximum atomic E-state index is 15.3. The molecule has 6 nitrogen and oxygen atoms in total. The maximum absolute atomic E-state index is 15.3. The number of para-hydroxylation sites is 5. The quantitative estimate of drug-likeness (QED) is 0.260. The summed E-state index contributed by atoms with van der Waals surface area (Å²) in [6.45, 7) is 4.19. The molecule has 7 heteroatoms. The minimum absolute atomic E-state index is 0.333. The Balaban J connectivity index is 1.70. The molecule has 0 atom stereocenters. The summed E-state index contributed by atoms with van der Waals surface area (Å²) in [5.74, 6) is 1.65. The Labute approximate surface area is 217 Å². The molecule has 3 aromatic heterocycles. The summed E-state index contributed by atoms with van der Waals surface area (Å²) in [6, 6.07) is 28.7. The molecule has 0 spiro atoms. The van der Waals surface area contributed by atoms with Gasteiger partial charge in [0, 0.05) is 22.5 Å². The van der Waals surface area contributed by atoms with Crippen molar-refractivity contribution in [2.75, 3.05) is 7.11 Å². The largest absolute Gasteiger partial charge is 0.496 e. The van der Waals surface area contributed by atoms with Crippen LogP contribution in [0.5, 0.6) is 5.75 Å². The average Bonchev–Trinajstić information content (AvgIpc) is 3.50. The van der Waals surface area contributed by atoms with Crippen molar-refractivity contribution in [2.45, 2.75) is 13.8 Å². The molecule has 0 amide bonds. The highest BCUT2D eigenvalue weighted by molar-refractivity contribution is 5.84. The lowest BCUT2D eigenvalue weighted by Crippen LogP contribution is -2.03. The molecule has 0 fully saturated rings. The first-order valence-electron chi connectivity index (χ1n) is 12.4. The van der Waals surface area contributed by atoms with Crippen LogP contribution < -0.4 is 4.74 Å². The van der Waals surface area contributed by atoms with Crippen molar-refractivity contribution < 1.29 is 9.13 Å². The van der Waals surface area contributed by atoms with E-state index in [1.54, 1.807) is 13.2 Å². The predicted octanol–water partition coefficient (Wildman–Crippen LogP) is 7.07. The Morgan fingerprint density at radius 2 is 1.21 bits per heavy atom. The molecule has 7 aromatic rings. The maximum Gasteiger partial charge on any atom is 0.222 e. The van der Waals surface area contributed by atoms with Gasteiger partial charge in [-0.15, -0.1) is 0 Å². The van der Waals surface area contributed by atoms with Gasteiger partial charge in [0.05, 0.1) is 34.9 Å². The van der Waals surface area contributed by atoms with Gasteiger partial charge in [-0.2, -0.15) is 0 Å². The van der Waals surface area contributed by atoms with E-state index in [1.807, 2.05) is 71.3 Å². The van der Waals surface area contributed by atoms with Gasteiger partial charge in [-0.25, -0.2) is 18.9 Å². The minimum atomic E-state index is -0.333. The highest BCUT2D eigenvalue weighted by atomic mass is 19.1. The number of imidazole rings is 2. The fourth-order valence-corrected chi connectivity index (χ4v) is 5.36. The Hall–Kier alpha value is -4.91. The monoisotopic (exact) mass is 501 g/mol. The number of halogens is 1. The second-order valence-corrected chi connectivity index (χ2v) is 9.34. The van der Waals surface area contributed by atoms with E-state index in [2.05, 4.69) is 34.8 Å². The number of hydrogen-bond donors (Lipinski definition) is 0. The number of hydrogen-bond acceptors (Lipinski definition) is 3. The summed E-state index contributed by atoms with van der Waals surface area (Å²) in [6.07, 6.45) is 0. The first kappa shape index (κ1) is 22.3. The van der Waals surface area contributed by atoms with Crippen LogP contribution >= 0.6 is 0 Å². The molecule has 3 heterocycles. The first-order valence-corrected chi connectivity index (χ1v) is 12.4. The predicted molar refractivity (Wildman–Crippen MR) is 149 cm³/mol. The number of ether oxygens (including phenoxy) is 1. The van der Waals surface area contributed by atoms with Crippen LogP contribution in [0.2, 0.25) is 0 Å². The fraction of sp³-hybridized carbons (Fsp3) is 0.0968. The minimum Gasteiger partial charge on any atom is -0.496 e. The molecule has 0 aliphatic heterocycles.